The molecule has 0 aromatic carbocycles. The van der Waals surface area contributed by atoms with E-state index in [4.69, 9.17) is 11.6 Å². The van der Waals surface area contributed by atoms with E-state index in [0.29, 0.717) is 10.9 Å². The Morgan fingerprint density at radius 3 is 2.67 bits per heavy atom. The van der Waals surface area contributed by atoms with Crippen LogP contribution in [0.5, 0.6) is 0 Å². The second-order valence-electron chi connectivity index (χ2n) is 3.51. The van der Waals surface area contributed by atoms with Crippen LogP contribution in [0.15, 0.2) is 31.2 Å². The van der Waals surface area contributed by atoms with Gasteiger partial charge in [0.25, 0.3) is 0 Å². The number of hydrogen-bond acceptors (Lipinski definition) is 4. The van der Waals surface area contributed by atoms with Gasteiger partial charge in [-0.3, -0.25) is 15.6 Å². The van der Waals surface area contributed by atoms with E-state index in [1.54, 1.807) is 12.3 Å². The number of methoxy groups -OCH3 is 1. The molecule has 5 nitrogen and oxygen atoms in total. The number of carbonyl (C=O) groups excluding carboxylic acids is 1. The fourth-order valence-corrected chi connectivity index (χ4v) is 1.41. The minimum Gasteiger partial charge on any atom is -0.492 e. The Balaban J connectivity index is 2.66. The summed E-state index contributed by atoms with van der Waals surface area (Å²) in [5, 5.41) is 0.404. The molecule has 2 N–H and O–H groups in total. The zero-order valence-corrected chi connectivity index (χ0v) is 11.0. The molecule has 0 bridgehead atoms. The minimum absolute atomic E-state index is 0.00116. The first-order chi connectivity index (χ1) is 8.45. The number of nitrogens with zero attached hydrogens (tertiary/aromatic N) is 1. The van der Waals surface area contributed by atoms with Crippen LogP contribution in [-0.2, 0) is 9.53 Å². The maximum atomic E-state index is 11.4. The fraction of sp³-hybridized carbons (Fsp3) is 0.167. The number of nitrogens with one attached hydrogen (secondary N) is 2. The highest BCUT2D eigenvalue weighted by atomic mass is 35.5. The van der Waals surface area contributed by atoms with Crippen LogP contribution >= 0.6 is 11.6 Å². The first-order valence-corrected chi connectivity index (χ1v) is 5.44. The molecular formula is C12H14ClN3O2. The van der Waals surface area contributed by atoms with Crippen LogP contribution in [0.2, 0.25) is 5.15 Å². The molecular weight excluding hydrogens is 254 g/mol. The van der Waals surface area contributed by atoms with Crippen LogP contribution in [-0.4, -0.2) is 18.0 Å². The van der Waals surface area contributed by atoms with Crippen LogP contribution < -0.4 is 10.9 Å². The van der Waals surface area contributed by atoms with Crippen molar-refractivity contribution < 1.29 is 9.53 Å². The quantitative estimate of drug-likeness (QED) is 0.370. The van der Waals surface area contributed by atoms with Crippen molar-refractivity contribution in [3.8, 4) is 0 Å². The molecule has 18 heavy (non-hydrogen) atoms. The fourth-order valence-electron chi connectivity index (χ4n) is 1.20. The first kappa shape index (κ1) is 14.1. The molecule has 1 aromatic heterocycles. The number of amides is 1. The van der Waals surface area contributed by atoms with Crippen LogP contribution in [0.1, 0.15) is 11.1 Å². The lowest BCUT2D eigenvalue weighted by Gasteiger charge is -2.13. The number of carbonyl (C=O) groups is 1. The van der Waals surface area contributed by atoms with Gasteiger partial charge in [0, 0.05) is 11.8 Å². The molecule has 0 spiro atoms. The van der Waals surface area contributed by atoms with Gasteiger partial charge in [0.2, 0.25) is 0 Å². The summed E-state index contributed by atoms with van der Waals surface area (Å²) in [6, 6.07) is 1.71. The van der Waals surface area contributed by atoms with Crippen molar-refractivity contribution in [3.05, 3.63) is 47.5 Å². The second-order valence-corrected chi connectivity index (χ2v) is 3.89. The van der Waals surface area contributed by atoms with E-state index in [2.05, 4.69) is 33.7 Å². The van der Waals surface area contributed by atoms with E-state index in [-0.39, 0.29) is 5.76 Å². The van der Waals surface area contributed by atoms with Gasteiger partial charge < -0.3 is 4.74 Å². The zero-order chi connectivity index (χ0) is 13.7. The van der Waals surface area contributed by atoms with Gasteiger partial charge in [-0.05, 0) is 18.6 Å². The Bertz CT molecular complexity index is 500. The number of pyridine rings is 1. The number of aromatic nitrogens is 1. The SMILES string of the molecule is C=C(OC)C(=O)NNC(=C)c1cnc(Cl)cc1C. The predicted molar refractivity (Wildman–Crippen MR) is 70.4 cm³/mol. The number of hydrogen-bond donors (Lipinski definition) is 2. The topological polar surface area (TPSA) is 63.2 Å². The van der Waals surface area contributed by atoms with Crippen molar-refractivity contribution in [2.45, 2.75) is 6.92 Å². The van der Waals surface area contributed by atoms with E-state index in [1.165, 1.54) is 7.11 Å². The second kappa shape index (κ2) is 6.07. The highest BCUT2D eigenvalue weighted by Crippen LogP contribution is 2.16. The van der Waals surface area contributed by atoms with Gasteiger partial charge in [-0.25, -0.2) is 4.98 Å². The Labute approximate surface area is 110 Å². The van der Waals surface area contributed by atoms with Crippen molar-refractivity contribution in [1.82, 2.24) is 15.8 Å². The van der Waals surface area contributed by atoms with Gasteiger partial charge in [-0.2, -0.15) is 0 Å². The van der Waals surface area contributed by atoms with Crippen LogP contribution in [0.25, 0.3) is 5.70 Å². The number of rotatable bonds is 5. The minimum atomic E-state index is -0.474. The Kier molecular flexibility index (Phi) is 4.74. The first-order valence-electron chi connectivity index (χ1n) is 5.06. The Morgan fingerprint density at radius 1 is 1.44 bits per heavy atom. The lowest BCUT2D eigenvalue weighted by atomic mass is 10.1. The van der Waals surface area contributed by atoms with E-state index < -0.39 is 5.91 Å². The molecule has 0 aliphatic heterocycles. The normalized spacial score (nSPS) is 9.50. The number of aryl methyl sites for hydroxylation is 1. The molecule has 6 heteroatoms. The molecule has 0 saturated heterocycles. The lowest BCUT2D eigenvalue weighted by Crippen LogP contribution is -2.37. The number of ether oxygens (including phenoxy) is 1. The smallest absolute Gasteiger partial charge is 0.303 e. The summed E-state index contributed by atoms with van der Waals surface area (Å²) >= 11 is 5.75. The van der Waals surface area contributed by atoms with Gasteiger partial charge >= 0.3 is 5.91 Å². The molecule has 0 radical (unpaired) electrons. The number of hydrazine groups is 1. The molecule has 0 fully saturated rings. The van der Waals surface area contributed by atoms with Gasteiger partial charge in [-0.15, -0.1) is 0 Å². The monoisotopic (exact) mass is 267 g/mol. The van der Waals surface area contributed by atoms with E-state index in [9.17, 15) is 4.79 Å². The van der Waals surface area contributed by atoms with Gasteiger partial charge in [0.15, 0.2) is 5.76 Å². The molecule has 96 valence electrons. The Morgan fingerprint density at radius 2 is 2.11 bits per heavy atom. The third-order valence-corrected chi connectivity index (χ3v) is 2.44. The molecule has 0 atom stereocenters. The van der Waals surface area contributed by atoms with E-state index in [1.807, 2.05) is 6.92 Å². The maximum Gasteiger partial charge on any atom is 0.303 e. The lowest BCUT2D eigenvalue weighted by molar-refractivity contribution is -0.121. The van der Waals surface area contributed by atoms with Crippen LogP contribution in [0.3, 0.4) is 0 Å². The molecule has 1 rings (SSSR count). The van der Waals surface area contributed by atoms with Crippen molar-refractivity contribution in [3.63, 3.8) is 0 Å². The largest absolute Gasteiger partial charge is 0.492 e. The molecule has 0 saturated carbocycles. The molecule has 0 unspecified atom stereocenters. The van der Waals surface area contributed by atoms with Crippen molar-refractivity contribution in [2.75, 3.05) is 7.11 Å². The van der Waals surface area contributed by atoms with Crippen molar-refractivity contribution in [2.24, 2.45) is 0 Å². The highest BCUT2D eigenvalue weighted by Gasteiger charge is 2.08. The van der Waals surface area contributed by atoms with Gasteiger partial charge in [-0.1, -0.05) is 24.8 Å². The third kappa shape index (κ3) is 3.49. The zero-order valence-electron chi connectivity index (χ0n) is 10.2. The summed E-state index contributed by atoms with van der Waals surface area (Å²) in [5.41, 5.74) is 7.20. The van der Waals surface area contributed by atoms with Crippen LogP contribution in [0, 0.1) is 6.92 Å². The molecule has 0 aliphatic rings. The predicted octanol–water partition coefficient (Wildman–Crippen LogP) is 1.80. The summed E-state index contributed by atoms with van der Waals surface area (Å²) in [6.45, 7) is 9.08. The van der Waals surface area contributed by atoms with Crippen molar-refractivity contribution in [1.29, 1.82) is 0 Å². The summed E-state index contributed by atoms with van der Waals surface area (Å²) in [4.78, 5) is 15.3. The van der Waals surface area contributed by atoms with E-state index in [0.717, 1.165) is 11.1 Å². The van der Waals surface area contributed by atoms with Crippen LogP contribution in [0.4, 0.5) is 0 Å². The standard InChI is InChI=1S/C12H14ClN3O2/c1-7-5-11(13)14-6-10(7)8(2)15-16-12(17)9(3)18-4/h5-6,15H,2-3H2,1,4H3,(H,16,17). The average molecular weight is 268 g/mol. The average Bonchev–Trinajstić information content (AvgIpc) is 2.34. The Hall–Kier alpha value is -2.01. The molecule has 1 heterocycles. The molecule has 1 amide bonds. The molecule has 0 aliphatic carbocycles. The third-order valence-electron chi connectivity index (χ3n) is 2.23. The van der Waals surface area contributed by atoms with Gasteiger partial charge in [0.1, 0.15) is 5.15 Å². The number of halogens is 1. The maximum absolute atomic E-state index is 11.4. The summed E-state index contributed by atoms with van der Waals surface area (Å²) in [5.74, 6) is -0.473. The highest BCUT2D eigenvalue weighted by molar-refractivity contribution is 6.29. The summed E-state index contributed by atoms with van der Waals surface area (Å²) in [6.07, 6.45) is 1.57. The van der Waals surface area contributed by atoms with E-state index >= 15 is 0 Å². The summed E-state index contributed by atoms with van der Waals surface area (Å²) in [7, 11) is 1.37. The van der Waals surface area contributed by atoms with Crippen molar-refractivity contribution >= 4 is 23.2 Å². The molecule has 1 aromatic rings. The van der Waals surface area contributed by atoms with Gasteiger partial charge in [0.05, 0.1) is 12.8 Å². The summed E-state index contributed by atoms with van der Waals surface area (Å²) < 4.78 is 4.68.